The highest BCUT2D eigenvalue weighted by Crippen LogP contribution is 2.33. The fourth-order valence-electron chi connectivity index (χ4n) is 3.76. The molecule has 2 saturated heterocycles. The van der Waals surface area contributed by atoms with E-state index in [0.717, 1.165) is 25.4 Å². The number of Topliss-reactive ketones (excluding diaryl/α,β-unsaturated/α-hetero) is 1. The lowest BCUT2D eigenvalue weighted by Gasteiger charge is -2.40. The van der Waals surface area contributed by atoms with Crippen LogP contribution in [0.15, 0.2) is 0 Å². The largest absolute Gasteiger partial charge is 0.381 e. The zero-order valence-electron chi connectivity index (χ0n) is 10.5. The Balaban J connectivity index is 1.59. The van der Waals surface area contributed by atoms with Crippen LogP contribution in [0.1, 0.15) is 44.9 Å². The minimum atomic E-state index is 0.126. The molecule has 0 aromatic carbocycles. The molecular formula is C14H23NO2. The third kappa shape index (κ3) is 2.41. The van der Waals surface area contributed by atoms with Crippen molar-refractivity contribution >= 4 is 5.78 Å². The molecule has 0 amide bonds. The average molecular weight is 237 g/mol. The molecular weight excluding hydrogens is 214 g/mol. The lowest BCUT2D eigenvalue weighted by molar-refractivity contribution is -0.126. The first-order valence-electron chi connectivity index (χ1n) is 7.22. The summed E-state index contributed by atoms with van der Waals surface area (Å²) in [5, 5.41) is 3.63. The van der Waals surface area contributed by atoms with Crippen LogP contribution in [0.4, 0.5) is 0 Å². The number of hydrogen-bond acceptors (Lipinski definition) is 3. The van der Waals surface area contributed by atoms with E-state index in [1.165, 1.54) is 32.1 Å². The van der Waals surface area contributed by atoms with Crippen LogP contribution in [-0.2, 0) is 9.53 Å². The second kappa shape index (κ2) is 5.07. The zero-order valence-corrected chi connectivity index (χ0v) is 10.5. The molecule has 0 aromatic rings. The summed E-state index contributed by atoms with van der Waals surface area (Å²) in [6.45, 7) is 1.43. The second-order valence-electron chi connectivity index (χ2n) is 5.91. The molecule has 0 spiro atoms. The maximum atomic E-state index is 12.3. The molecule has 0 bridgehead atoms. The van der Waals surface area contributed by atoms with Gasteiger partial charge >= 0.3 is 0 Å². The summed E-state index contributed by atoms with van der Waals surface area (Å²) in [4.78, 5) is 12.3. The summed E-state index contributed by atoms with van der Waals surface area (Å²) in [5.74, 6) is 1.44. The van der Waals surface area contributed by atoms with E-state index in [4.69, 9.17) is 4.74 Å². The third-order valence-electron chi connectivity index (χ3n) is 4.83. The normalized spacial score (nSPS) is 42.1. The van der Waals surface area contributed by atoms with Gasteiger partial charge in [0, 0.05) is 18.6 Å². The van der Waals surface area contributed by atoms with E-state index in [1.807, 2.05) is 0 Å². The van der Waals surface area contributed by atoms with Crippen LogP contribution in [0.5, 0.6) is 0 Å². The van der Waals surface area contributed by atoms with Gasteiger partial charge in [0.1, 0.15) is 0 Å². The van der Waals surface area contributed by atoms with Gasteiger partial charge in [-0.1, -0.05) is 12.8 Å². The van der Waals surface area contributed by atoms with E-state index in [1.54, 1.807) is 0 Å². The van der Waals surface area contributed by atoms with Crippen molar-refractivity contribution in [1.82, 2.24) is 5.32 Å². The lowest BCUT2D eigenvalue weighted by Crippen LogP contribution is -2.53. The Morgan fingerprint density at radius 1 is 1.06 bits per heavy atom. The number of piperidine rings is 1. The molecule has 3 nitrogen and oxygen atoms in total. The van der Waals surface area contributed by atoms with Gasteiger partial charge in [0.2, 0.25) is 0 Å². The van der Waals surface area contributed by atoms with Gasteiger partial charge in [0.25, 0.3) is 0 Å². The highest BCUT2D eigenvalue weighted by Gasteiger charge is 2.37. The Labute approximate surface area is 103 Å². The van der Waals surface area contributed by atoms with Crippen molar-refractivity contribution in [2.45, 2.75) is 57.0 Å². The van der Waals surface area contributed by atoms with Crippen LogP contribution in [-0.4, -0.2) is 31.1 Å². The van der Waals surface area contributed by atoms with Crippen LogP contribution < -0.4 is 5.32 Å². The minimum absolute atomic E-state index is 0.126. The van der Waals surface area contributed by atoms with Crippen LogP contribution in [0.3, 0.4) is 0 Å². The van der Waals surface area contributed by atoms with Gasteiger partial charge in [-0.05, 0) is 38.0 Å². The molecule has 2 aliphatic heterocycles. The number of ether oxygens (including phenoxy) is 1. The summed E-state index contributed by atoms with van der Waals surface area (Å²) in [6.07, 6.45) is 8.60. The molecule has 1 saturated carbocycles. The highest BCUT2D eigenvalue weighted by atomic mass is 16.5. The van der Waals surface area contributed by atoms with Crippen molar-refractivity contribution in [3.8, 4) is 0 Å². The standard InChI is InChI=1S/C14H23NO2/c16-14(11-7-8-17-9-11)13-6-5-10-3-1-2-4-12(10)15-13/h10-13,15H,1-9H2. The number of hydrogen-bond donors (Lipinski definition) is 1. The smallest absolute Gasteiger partial charge is 0.155 e. The number of carbonyl (C=O) groups excluding carboxylic acids is 1. The Bertz CT molecular complexity index is 286. The van der Waals surface area contributed by atoms with Crippen molar-refractivity contribution in [2.75, 3.05) is 13.2 Å². The second-order valence-corrected chi connectivity index (χ2v) is 5.91. The fraction of sp³-hybridized carbons (Fsp3) is 0.929. The van der Waals surface area contributed by atoms with Crippen molar-refractivity contribution in [3.63, 3.8) is 0 Å². The highest BCUT2D eigenvalue weighted by molar-refractivity contribution is 5.86. The van der Waals surface area contributed by atoms with Crippen LogP contribution in [0, 0.1) is 11.8 Å². The van der Waals surface area contributed by atoms with Crippen LogP contribution in [0.2, 0.25) is 0 Å². The predicted molar refractivity (Wildman–Crippen MR) is 65.8 cm³/mol. The molecule has 4 atom stereocenters. The SMILES string of the molecule is O=C(C1CCOC1)C1CCC2CCCCC2N1. The monoisotopic (exact) mass is 237 g/mol. The fourth-order valence-corrected chi connectivity index (χ4v) is 3.76. The van der Waals surface area contributed by atoms with Gasteiger partial charge in [-0.15, -0.1) is 0 Å². The number of fused-ring (bicyclic) bond motifs is 1. The lowest BCUT2D eigenvalue weighted by atomic mass is 9.76. The number of nitrogens with one attached hydrogen (secondary N) is 1. The third-order valence-corrected chi connectivity index (χ3v) is 4.83. The molecule has 3 aliphatic rings. The van der Waals surface area contributed by atoms with Gasteiger partial charge in [-0.25, -0.2) is 0 Å². The first-order valence-corrected chi connectivity index (χ1v) is 7.22. The van der Waals surface area contributed by atoms with E-state index < -0.39 is 0 Å². The Hall–Kier alpha value is -0.410. The summed E-state index contributed by atoms with van der Waals surface area (Å²) in [6, 6.07) is 0.745. The van der Waals surface area contributed by atoms with E-state index in [9.17, 15) is 4.79 Å². The number of ketones is 1. The van der Waals surface area contributed by atoms with Gasteiger partial charge < -0.3 is 10.1 Å². The molecule has 3 rings (SSSR count). The quantitative estimate of drug-likeness (QED) is 0.797. The molecule has 96 valence electrons. The topological polar surface area (TPSA) is 38.3 Å². The van der Waals surface area contributed by atoms with Crippen LogP contribution >= 0.6 is 0 Å². The van der Waals surface area contributed by atoms with Gasteiger partial charge in [0.05, 0.1) is 12.6 Å². The zero-order chi connectivity index (χ0) is 11.7. The van der Waals surface area contributed by atoms with Gasteiger partial charge in [0.15, 0.2) is 5.78 Å². The summed E-state index contributed by atoms with van der Waals surface area (Å²) >= 11 is 0. The molecule has 1 aliphatic carbocycles. The van der Waals surface area contributed by atoms with Crippen molar-refractivity contribution in [3.05, 3.63) is 0 Å². The van der Waals surface area contributed by atoms with Crippen molar-refractivity contribution < 1.29 is 9.53 Å². The Kier molecular flexibility index (Phi) is 3.48. The first kappa shape index (κ1) is 11.7. The summed E-state index contributed by atoms with van der Waals surface area (Å²) in [5.41, 5.74) is 0. The number of carbonyl (C=O) groups is 1. The first-order chi connectivity index (χ1) is 8.34. The van der Waals surface area contributed by atoms with E-state index in [2.05, 4.69) is 5.32 Å². The average Bonchev–Trinajstić information content (AvgIpc) is 2.91. The summed E-state index contributed by atoms with van der Waals surface area (Å²) in [7, 11) is 0. The van der Waals surface area contributed by atoms with Crippen LogP contribution in [0.25, 0.3) is 0 Å². The molecule has 3 heteroatoms. The molecule has 4 unspecified atom stereocenters. The van der Waals surface area contributed by atoms with Crippen molar-refractivity contribution in [2.24, 2.45) is 11.8 Å². The number of rotatable bonds is 2. The van der Waals surface area contributed by atoms with E-state index >= 15 is 0 Å². The molecule has 3 fully saturated rings. The maximum Gasteiger partial charge on any atom is 0.155 e. The van der Waals surface area contributed by atoms with E-state index in [0.29, 0.717) is 18.4 Å². The Morgan fingerprint density at radius 3 is 2.76 bits per heavy atom. The summed E-state index contributed by atoms with van der Waals surface area (Å²) < 4.78 is 5.33. The molecule has 0 aromatic heterocycles. The van der Waals surface area contributed by atoms with Gasteiger partial charge in [-0.2, -0.15) is 0 Å². The van der Waals surface area contributed by atoms with Crippen molar-refractivity contribution in [1.29, 1.82) is 0 Å². The molecule has 2 heterocycles. The Morgan fingerprint density at radius 2 is 1.94 bits per heavy atom. The van der Waals surface area contributed by atoms with Gasteiger partial charge in [-0.3, -0.25) is 4.79 Å². The minimum Gasteiger partial charge on any atom is -0.381 e. The maximum absolute atomic E-state index is 12.3. The molecule has 17 heavy (non-hydrogen) atoms. The molecule has 0 radical (unpaired) electrons. The molecule has 1 N–H and O–H groups in total. The predicted octanol–water partition coefficient (Wildman–Crippen LogP) is 1.90. The van der Waals surface area contributed by atoms with E-state index in [-0.39, 0.29) is 12.0 Å².